The van der Waals surface area contributed by atoms with Gasteiger partial charge in [-0.2, -0.15) is 0 Å². The smallest absolute Gasteiger partial charge is 0.327 e. The van der Waals surface area contributed by atoms with E-state index in [1.807, 2.05) is 12.2 Å². The third kappa shape index (κ3) is 28.6. The van der Waals surface area contributed by atoms with Gasteiger partial charge < -0.3 is 5.11 Å². The van der Waals surface area contributed by atoms with Gasteiger partial charge in [-0.05, 0) is 12.8 Å². The van der Waals surface area contributed by atoms with E-state index in [9.17, 15) is 4.79 Å². The number of carbonyl (C=O) groups is 1. The average Bonchev–Trinajstić information content (AvgIpc) is 2.02. The molecule has 0 spiro atoms. The van der Waals surface area contributed by atoms with Crippen molar-refractivity contribution in [2.75, 3.05) is 0 Å². The molecule has 0 saturated heterocycles. The number of carboxylic acid groups (broad SMARTS) is 1. The van der Waals surface area contributed by atoms with Gasteiger partial charge >= 0.3 is 5.97 Å². The predicted molar refractivity (Wildman–Crippen MR) is 47.5 cm³/mol. The fourth-order valence-electron chi connectivity index (χ4n) is 0.236. The van der Waals surface area contributed by atoms with Crippen molar-refractivity contribution in [2.45, 2.75) is 12.8 Å². The van der Waals surface area contributed by atoms with E-state index in [-0.39, 0.29) is 0 Å². The van der Waals surface area contributed by atoms with Gasteiger partial charge in [-0.25, -0.2) is 4.79 Å². The lowest BCUT2D eigenvalue weighted by Gasteiger charge is -1.76. The molecule has 0 aromatic heterocycles. The van der Waals surface area contributed by atoms with Gasteiger partial charge in [0, 0.05) is 6.08 Å². The van der Waals surface area contributed by atoms with Crippen molar-refractivity contribution in [3.63, 3.8) is 0 Å². The van der Waals surface area contributed by atoms with Crippen LogP contribution in [-0.4, -0.2) is 11.1 Å². The fraction of sp³-hybridized carbons (Fsp3) is 0.222. The highest BCUT2D eigenvalue weighted by atomic mass is 16.4. The van der Waals surface area contributed by atoms with Crippen LogP contribution in [0, 0.1) is 0 Å². The Morgan fingerprint density at radius 1 is 1.18 bits per heavy atom. The first-order valence-corrected chi connectivity index (χ1v) is 3.26. The molecule has 0 aromatic rings. The molecule has 0 fully saturated rings. The number of aliphatic carboxylic acids is 1. The Hall–Kier alpha value is -1.31. The van der Waals surface area contributed by atoms with Crippen LogP contribution in [0.2, 0.25) is 0 Å². The minimum absolute atomic E-state index is 0.833. The Kier molecular flexibility index (Phi) is 12.9. The molecule has 0 aliphatic rings. The molecule has 1 N–H and O–H groups in total. The van der Waals surface area contributed by atoms with Gasteiger partial charge in [0.05, 0.1) is 0 Å². The maximum atomic E-state index is 9.25. The minimum Gasteiger partial charge on any atom is -0.478 e. The van der Waals surface area contributed by atoms with Gasteiger partial charge in [0.15, 0.2) is 0 Å². The highest BCUT2D eigenvalue weighted by Gasteiger charge is 1.73. The molecule has 0 bridgehead atoms. The second-order valence-electron chi connectivity index (χ2n) is 1.70. The van der Waals surface area contributed by atoms with Gasteiger partial charge in [-0.1, -0.05) is 18.7 Å². The van der Waals surface area contributed by atoms with Gasteiger partial charge in [0.1, 0.15) is 0 Å². The second kappa shape index (κ2) is 11.5. The number of hydrogen-bond acceptors (Lipinski definition) is 1. The number of allylic oxidation sites excluding steroid dienone is 2. The standard InChI is InChI=1S/C6H10.C3H4O2/c1-3-5-6-4-2;1-2-3(4)5/h3-4H,1-2,5-6H2;2H,1H2,(H,4,5). The maximum Gasteiger partial charge on any atom is 0.327 e. The van der Waals surface area contributed by atoms with Gasteiger partial charge in [-0.3, -0.25) is 0 Å². The summed E-state index contributed by atoms with van der Waals surface area (Å²) in [6.45, 7) is 10.1. The Morgan fingerprint density at radius 2 is 1.45 bits per heavy atom. The molecule has 0 rings (SSSR count). The number of unbranched alkanes of at least 4 members (excludes halogenated alkanes) is 1. The summed E-state index contributed by atoms with van der Waals surface area (Å²) >= 11 is 0. The van der Waals surface area contributed by atoms with E-state index in [4.69, 9.17) is 5.11 Å². The summed E-state index contributed by atoms with van der Waals surface area (Å²) in [7, 11) is 0. The predicted octanol–water partition coefficient (Wildman–Crippen LogP) is 2.40. The molecule has 0 aromatic carbocycles. The minimum atomic E-state index is -0.981. The summed E-state index contributed by atoms with van der Waals surface area (Å²) in [6.07, 6.45) is 6.73. The zero-order valence-corrected chi connectivity index (χ0v) is 6.62. The monoisotopic (exact) mass is 154 g/mol. The van der Waals surface area contributed by atoms with Gasteiger partial charge in [-0.15, -0.1) is 13.2 Å². The van der Waals surface area contributed by atoms with Crippen LogP contribution in [0.25, 0.3) is 0 Å². The summed E-state index contributed by atoms with van der Waals surface area (Å²) in [5.74, 6) is -0.981. The van der Waals surface area contributed by atoms with Crippen molar-refractivity contribution in [3.8, 4) is 0 Å². The summed E-state index contributed by atoms with van der Waals surface area (Å²) in [4.78, 5) is 9.25. The summed E-state index contributed by atoms with van der Waals surface area (Å²) < 4.78 is 0. The lowest BCUT2D eigenvalue weighted by molar-refractivity contribution is -0.131. The molecule has 0 amide bonds. The first-order valence-electron chi connectivity index (χ1n) is 3.26. The molecule has 0 unspecified atom stereocenters. The molecule has 0 aliphatic heterocycles. The van der Waals surface area contributed by atoms with Crippen molar-refractivity contribution >= 4 is 5.97 Å². The number of rotatable bonds is 4. The summed E-state index contributed by atoms with van der Waals surface area (Å²) in [5.41, 5.74) is 0. The highest BCUT2D eigenvalue weighted by Crippen LogP contribution is 1.86. The van der Waals surface area contributed by atoms with Crippen molar-refractivity contribution in [3.05, 3.63) is 38.0 Å². The van der Waals surface area contributed by atoms with E-state index in [1.54, 1.807) is 0 Å². The molecule has 2 heteroatoms. The topological polar surface area (TPSA) is 37.3 Å². The molecular weight excluding hydrogens is 140 g/mol. The normalized spacial score (nSPS) is 6.91. The average molecular weight is 154 g/mol. The van der Waals surface area contributed by atoms with Crippen LogP contribution >= 0.6 is 0 Å². The summed E-state index contributed by atoms with van der Waals surface area (Å²) in [5, 5.41) is 7.60. The lowest BCUT2D eigenvalue weighted by Crippen LogP contribution is -1.82. The fourth-order valence-corrected chi connectivity index (χ4v) is 0.236. The third-order valence-electron chi connectivity index (χ3n) is 0.750. The van der Waals surface area contributed by atoms with Crippen molar-refractivity contribution in [1.29, 1.82) is 0 Å². The molecule has 0 saturated carbocycles. The lowest BCUT2D eigenvalue weighted by atomic mass is 10.3. The first kappa shape index (κ1) is 12.4. The van der Waals surface area contributed by atoms with Crippen LogP contribution < -0.4 is 0 Å². The van der Waals surface area contributed by atoms with E-state index >= 15 is 0 Å². The third-order valence-corrected chi connectivity index (χ3v) is 0.750. The van der Waals surface area contributed by atoms with E-state index in [0.717, 1.165) is 18.9 Å². The van der Waals surface area contributed by atoms with Crippen molar-refractivity contribution in [1.82, 2.24) is 0 Å². The Balaban J connectivity index is 0. The van der Waals surface area contributed by atoms with E-state index in [1.165, 1.54) is 0 Å². The van der Waals surface area contributed by atoms with Crippen LogP contribution in [0.5, 0.6) is 0 Å². The van der Waals surface area contributed by atoms with Gasteiger partial charge in [0.2, 0.25) is 0 Å². The van der Waals surface area contributed by atoms with Crippen LogP contribution in [0.4, 0.5) is 0 Å². The maximum absolute atomic E-state index is 9.25. The zero-order chi connectivity index (χ0) is 9.11. The van der Waals surface area contributed by atoms with Crippen LogP contribution in [0.1, 0.15) is 12.8 Å². The van der Waals surface area contributed by atoms with E-state index in [0.29, 0.717) is 0 Å². The highest BCUT2D eigenvalue weighted by molar-refractivity contribution is 5.78. The SMILES string of the molecule is C=CC(=O)O.C=CCCC=C. The molecular formula is C9H14O2. The van der Waals surface area contributed by atoms with E-state index in [2.05, 4.69) is 19.7 Å². The molecule has 2 nitrogen and oxygen atoms in total. The number of hydrogen-bond donors (Lipinski definition) is 1. The number of carboxylic acids is 1. The molecule has 0 aliphatic carbocycles. The molecule has 0 radical (unpaired) electrons. The Labute approximate surface area is 67.6 Å². The molecule has 62 valence electrons. The van der Waals surface area contributed by atoms with Gasteiger partial charge in [0.25, 0.3) is 0 Å². The van der Waals surface area contributed by atoms with Crippen molar-refractivity contribution in [2.24, 2.45) is 0 Å². The zero-order valence-electron chi connectivity index (χ0n) is 6.62. The molecule has 0 atom stereocenters. The molecule has 11 heavy (non-hydrogen) atoms. The quantitative estimate of drug-likeness (QED) is 0.383. The Bertz CT molecular complexity index is 128. The Morgan fingerprint density at radius 3 is 1.55 bits per heavy atom. The van der Waals surface area contributed by atoms with Crippen LogP contribution in [-0.2, 0) is 4.79 Å². The summed E-state index contributed by atoms with van der Waals surface area (Å²) in [6, 6.07) is 0. The second-order valence-corrected chi connectivity index (χ2v) is 1.70. The van der Waals surface area contributed by atoms with Crippen molar-refractivity contribution < 1.29 is 9.90 Å². The van der Waals surface area contributed by atoms with Crippen LogP contribution in [0.15, 0.2) is 38.0 Å². The van der Waals surface area contributed by atoms with Crippen LogP contribution in [0.3, 0.4) is 0 Å². The van der Waals surface area contributed by atoms with E-state index < -0.39 is 5.97 Å². The molecule has 0 heterocycles. The first-order chi connectivity index (χ1) is 5.18. The largest absolute Gasteiger partial charge is 0.478 e.